The number of hydrogen-bond donors (Lipinski definition) is 0. The van der Waals surface area contributed by atoms with Gasteiger partial charge in [0.1, 0.15) is 12.1 Å². The fourth-order valence-electron chi connectivity index (χ4n) is 5.17. The first-order valence-corrected chi connectivity index (χ1v) is 10.3. The van der Waals surface area contributed by atoms with Crippen molar-refractivity contribution in [2.45, 2.75) is 50.1 Å². The zero-order valence-corrected chi connectivity index (χ0v) is 16.1. The molecule has 1 spiro atoms. The van der Waals surface area contributed by atoms with Gasteiger partial charge in [0.05, 0.1) is 7.11 Å². The van der Waals surface area contributed by atoms with Crippen LogP contribution < -0.4 is 9.47 Å². The summed E-state index contributed by atoms with van der Waals surface area (Å²) < 4.78 is 11.4. The molecule has 1 aliphatic carbocycles. The molecule has 0 N–H and O–H groups in total. The summed E-state index contributed by atoms with van der Waals surface area (Å²) in [5, 5.41) is 0. The minimum atomic E-state index is -0.268. The van der Waals surface area contributed by atoms with Gasteiger partial charge < -0.3 is 14.4 Å². The molecule has 3 heterocycles. The second-order valence-corrected chi connectivity index (χ2v) is 8.36. The van der Waals surface area contributed by atoms with Crippen molar-refractivity contribution in [2.24, 2.45) is 0 Å². The van der Waals surface area contributed by atoms with Gasteiger partial charge in [-0.3, -0.25) is 9.69 Å². The highest BCUT2D eigenvalue weighted by molar-refractivity contribution is 5.88. The van der Waals surface area contributed by atoms with Crippen LogP contribution in [0.15, 0.2) is 23.8 Å². The van der Waals surface area contributed by atoms with Crippen LogP contribution in [-0.2, 0) is 4.79 Å². The number of benzene rings is 1. The number of rotatable bonds is 4. The van der Waals surface area contributed by atoms with Crippen LogP contribution in [0.3, 0.4) is 0 Å². The Labute approximate surface area is 160 Å². The maximum Gasteiger partial charge on any atom is 0.243 e. The summed E-state index contributed by atoms with van der Waals surface area (Å²) in [4.78, 5) is 18.0. The molecule has 5 heteroatoms. The molecule has 2 saturated heterocycles. The Morgan fingerprint density at radius 1 is 1.22 bits per heavy atom. The number of para-hydroxylation sites is 1. The van der Waals surface area contributed by atoms with E-state index < -0.39 is 0 Å². The highest BCUT2D eigenvalue weighted by Gasteiger charge is 2.53. The quantitative estimate of drug-likeness (QED) is 0.819. The zero-order valence-electron chi connectivity index (χ0n) is 16.1. The average Bonchev–Trinajstić information content (AvgIpc) is 3.46. The number of piperidine rings is 1. The second kappa shape index (κ2) is 6.55. The molecule has 0 aromatic heterocycles. The van der Waals surface area contributed by atoms with Gasteiger partial charge in [-0.25, -0.2) is 0 Å². The topological polar surface area (TPSA) is 42.0 Å². The minimum absolute atomic E-state index is 0.268. The van der Waals surface area contributed by atoms with Crippen LogP contribution in [0, 0.1) is 0 Å². The first kappa shape index (κ1) is 17.1. The fourth-order valence-corrected chi connectivity index (χ4v) is 5.17. The van der Waals surface area contributed by atoms with Crippen molar-refractivity contribution in [2.75, 3.05) is 33.4 Å². The van der Waals surface area contributed by atoms with E-state index in [0.29, 0.717) is 18.6 Å². The number of ether oxygens (including phenoxy) is 2. The predicted octanol–water partition coefficient (Wildman–Crippen LogP) is 3.09. The Hall–Kier alpha value is -2.01. The first-order chi connectivity index (χ1) is 13.2. The van der Waals surface area contributed by atoms with Gasteiger partial charge in [-0.2, -0.15) is 0 Å². The monoisotopic (exact) mass is 368 g/mol. The van der Waals surface area contributed by atoms with E-state index in [2.05, 4.69) is 21.9 Å². The number of methoxy groups -OCH3 is 1. The molecule has 5 rings (SSSR count). The number of fused-ring (bicyclic) bond motifs is 1. The molecule has 0 bridgehead atoms. The van der Waals surface area contributed by atoms with Gasteiger partial charge in [-0.1, -0.05) is 12.1 Å². The van der Waals surface area contributed by atoms with E-state index in [1.54, 1.807) is 7.11 Å². The molecule has 1 aromatic rings. The number of carbonyl (C=O) groups excluding carboxylic acids is 1. The lowest BCUT2D eigenvalue weighted by Crippen LogP contribution is -2.60. The molecule has 4 aliphatic rings. The normalized spacial score (nSPS) is 28.1. The van der Waals surface area contributed by atoms with Crippen molar-refractivity contribution in [3.63, 3.8) is 0 Å². The van der Waals surface area contributed by atoms with Gasteiger partial charge in [0.25, 0.3) is 0 Å². The van der Waals surface area contributed by atoms with E-state index in [9.17, 15) is 4.79 Å². The number of amides is 1. The molecule has 1 unspecified atom stereocenters. The maximum atomic E-state index is 13.4. The van der Waals surface area contributed by atoms with E-state index in [0.717, 1.165) is 62.4 Å². The Morgan fingerprint density at radius 3 is 2.81 bits per heavy atom. The van der Waals surface area contributed by atoms with Crippen LogP contribution in [0.1, 0.15) is 44.1 Å². The van der Waals surface area contributed by atoms with Crippen LogP contribution >= 0.6 is 0 Å². The summed E-state index contributed by atoms with van der Waals surface area (Å²) in [7, 11) is 1.67. The van der Waals surface area contributed by atoms with Crippen molar-refractivity contribution in [1.82, 2.24) is 9.80 Å². The Bertz CT molecular complexity index is 786. The highest BCUT2D eigenvalue weighted by atomic mass is 16.5. The number of nitrogens with zero attached hydrogens (tertiary/aromatic N) is 2. The number of likely N-dealkylation sites (tertiary alicyclic amines) is 2. The standard InChI is InChI=1S/C22H28N2O3/c1-26-19-6-2-5-17-13-16(15-27-20(17)19)14-23-11-3-9-22(23)10-4-12-24(21(22)25)18-7-8-18/h2,5-6,13,18H,3-4,7-12,14-15H2,1H3. The third-order valence-corrected chi connectivity index (χ3v) is 6.64. The van der Waals surface area contributed by atoms with E-state index in [1.807, 2.05) is 12.1 Å². The SMILES string of the molecule is COc1cccc2c1OCC(CN1CCCC13CCCN(C1CC1)C3=O)=C2. The molecule has 3 fully saturated rings. The van der Waals surface area contributed by atoms with Crippen LogP contribution in [0.2, 0.25) is 0 Å². The molecule has 1 amide bonds. The Morgan fingerprint density at radius 2 is 2.04 bits per heavy atom. The minimum Gasteiger partial charge on any atom is -0.493 e. The van der Waals surface area contributed by atoms with Crippen LogP contribution in [0.25, 0.3) is 6.08 Å². The molecule has 1 aromatic carbocycles. The van der Waals surface area contributed by atoms with Gasteiger partial charge in [0.15, 0.2) is 11.5 Å². The molecule has 3 aliphatic heterocycles. The summed E-state index contributed by atoms with van der Waals surface area (Å²) in [6, 6.07) is 6.52. The van der Waals surface area contributed by atoms with E-state index in [1.165, 1.54) is 18.4 Å². The summed E-state index contributed by atoms with van der Waals surface area (Å²) in [5.74, 6) is 2.00. The van der Waals surface area contributed by atoms with Crippen molar-refractivity contribution in [3.8, 4) is 11.5 Å². The average molecular weight is 368 g/mol. The third kappa shape index (κ3) is 2.83. The zero-order chi connectivity index (χ0) is 18.4. The lowest BCUT2D eigenvalue weighted by molar-refractivity contribution is -0.147. The van der Waals surface area contributed by atoms with Crippen molar-refractivity contribution >= 4 is 12.0 Å². The summed E-state index contributed by atoms with van der Waals surface area (Å²) >= 11 is 0. The summed E-state index contributed by atoms with van der Waals surface area (Å²) in [6.45, 7) is 3.35. The summed E-state index contributed by atoms with van der Waals surface area (Å²) in [6.07, 6.45) is 8.87. The second-order valence-electron chi connectivity index (χ2n) is 8.36. The van der Waals surface area contributed by atoms with E-state index in [-0.39, 0.29) is 5.54 Å². The number of carbonyl (C=O) groups is 1. The van der Waals surface area contributed by atoms with Crippen LogP contribution in [-0.4, -0.2) is 60.6 Å². The van der Waals surface area contributed by atoms with Gasteiger partial charge in [-0.15, -0.1) is 0 Å². The van der Waals surface area contributed by atoms with Crippen molar-refractivity contribution < 1.29 is 14.3 Å². The van der Waals surface area contributed by atoms with E-state index in [4.69, 9.17) is 9.47 Å². The Kier molecular flexibility index (Phi) is 4.15. The first-order valence-electron chi connectivity index (χ1n) is 10.3. The largest absolute Gasteiger partial charge is 0.493 e. The van der Waals surface area contributed by atoms with Crippen LogP contribution in [0.4, 0.5) is 0 Å². The third-order valence-electron chi connectivity index (χ3n) is 6.64. The lowest BCUT2D eigenvalue weighted by atomic mass is 9.85. The molecule has 27 heavy (non-hydrogen) atoms. The predicted molar refractivity (Wildman–Crippen MR) is 104 cm³/mol. The Balaban J connectivity index is 1.38. The molecule has 144 valence electrons. The molecule has 5 nitrogen and oxygen atoms in total. The van der Waals surface area contributed by atoms with Crippen molar-refractivity contribution in [3.05, 3.63) is 29.3 Å². The fraction of sp³-hybridized carbons (Fsp3) is 0.591. The van der Waals surface area contributed by atoms with Crippen LogP contribution in [0.5, 0.6) is 11.5 Å². The maximum absolute atomic E-state index is 13.4. The van der Waals surface area contributed by atoms with Gasteiger partial charge in [-0.05, 0) is 62.8 Å². The van der Waals surface area contributed by atoms with Gasteiger partial charge in [0, 0.05) is 24.7 Å². The highest BCUT2D eigenvalue weighted by Crippen LogP contribution is 2.43. The summed E-state index contributed by atoms with van der Waals surface area (Å²) in [5.41, 5.74) is 2.04. The molecule has 1 saturated carbocycles. The van der Waals surface area contributed by atoms with Gasteiger partial charge >= 0.3 is 0 Å². The molecular weight excluding hydrogens is 340 g/mol. The molecule has 1 atom stereocenters. The van der Waals surface area contributed by atoms with Crippen molar-refractivity contribution in [1.29, 1.82) is 0 Å². The molecular formula is C22H28N2O3. The number of hydrogen-bond acceptors (Lipinski definition) is 4. The smallest absolute Gasteiger partial charge is 0.243 e. The lowest BCUT2D eigenvalue weighted by Gasteiger charge is -2.45. The van der Waals surface area contributed by atoms with Gasteiger partial charge in [0.2, 0.25) is 5.91 Å². The molecule has 0 radical (unpaired) electrons. The van der Waals surface area contributed by atoms with E-state index >= 15 is 0 Å².